The number of nitrogens with one attached hydrogen (secondary N) is 2. The summed E-state index contributed by atoms with van der Waals surface area (Å²) < 4.78 is 0. The molecule has 0 spiro atoms. The summed E-state index contributed by atoms with van der Waals surface area (Å²) in [5, 5.41) is 6.53. The van der Waals surface area contributed by atoms with Gasteiger partial charge >= 0.3 is 0 Å². The van der Waals surface area contributed by atoms with Crippen LogP contribution in [0.5, 0.6) is 0 Å². The fourth-order valence-corrected chi connectivity index (χ4v) is 3.85. The third-order valence-corrected chi connectivity index (χ3v) is 4.65. The summed E-state index contributed by atoms with van der Waals surface area (Å²) in [6, 6.07) is 0. The summed E-state index contributed by atoms with van der Waals surface area (Å²) in [4.78, 5) is 10.0. The van der Waals surface area contributed by atoms with Crippen LogP contribution in [-0.2, 0) is 0 Å². The molecule has 0 radical (unpaired) electrons. The fourth-order valence-electron chi connectivity index (χ4n) is 1.56. The molecule has 13 heavy (non-hydrogen) atoms. The minimum absolute atomic E-state index is 0.245. The van der Waals surface area contributed by atoms with Crippen molar-refractivity contribution in [3.8, 4) is 0 Å². The van der Waals surface area contributed by atoms with Gasteiger partial charge in [0, 0.05) is 5.67 Å². The lowest BCUT2D eigenvalue weighted by Crippen LogP contribution is -2.58. The Hall–Kier alpha value is 0.0969. The summed E-state index contributed by atoms with van der Waals surface area (Å²) in [5.74, 6) is 0.475. The van der Waals surface area contributed by atoms with E-state index in [0.717, 1.165) is 0 Å². The summed E-state index contributed by atoms with van der Waals surface area (Å²) in [7, 11) is -0.162. The van der Waals surface area contributed by atoms with Gasteiger partial charge in [0.25, 0.3) is 0 Å². The number of hydrogen-bond acceptors (Lipinski definition) is 3. The molecule has 0 saturated heterocycles. The van der Waals surface area contributed by atoms with E-state index in [9.17, 15) is 4.80 Å². The van der Waals surface area contributed by atoms with Crippen molar-refractivity contribution in [2.45, 2.75) is 45.7 Å². The van der Waals surface area contributed by atoms with Crippen molar-refractivity contribution in [2.24, 2.45) is 5.92 Å². The molecule has 0 heterocycles. The van der Waals surface area contributed by atoms with Crippen molar-refractivity contribution in [1.29, 1.82) is 0 Å². The molecule has 0 fully saturated rings. The van der Waals surface area contributed by atoms with Gasteiger partial charge in [-0.15, -0.1) is 0 Å². The Morgan fingerprint density at radius 1 is 1.15 bits per heavy atom. The maximum atomic E-state index is 10.0. The molecule has 0 aliphatic heterocycles. The Morgan fingerprint density at radius 2 is 1.62 bits per heavy atom. The zero-order valence-corrected chi connectivity index (χ0v) is 10.7. The van der Waals surface area contributed by atoms with Gasteiger partial charge in [-0.05, 0) is 33.0 Å². The highest BCUT2D eigenvalue weighted by Gasteiger charge is 2.32. The summed E-state index contributed by atoms with van der Waals surface area (Å²) >= 11 is 0. The molecule has 80 valence electrons. The van der Waals surface area contributed by atoms with Crippen LogP contribution in [0.15, 0.2) is 0 Å². The quantitative estimate of drug-likeness (QED) is 0.460. The topological polar surface area (TPSA) is 44.3 Å². The molecule has 0 aromatic heterocycles. The second kappa shape index (κ2) is 5.10. The molecule has 2 atom stereocenters. The average molecular weight is 204 g/mol. The highest BCUT2D eigenvalue weighted by atomic mass is 28.4. The smallest absolute Gasteiger partial charge is 0.199 e. The lowest BCUT2D eigenvalue weighted by molar-refractivity contribution is 0.369. The number of rotatable bonds is 5. The largest absolute Gasteiger partial charge is 0.431 e. The molecular weight excluding hydrogens is 180 g/mol. The molecule has 0 aromatic rings. The van der Waals surface area contributed by atoms with Crippen LogP contribution in [0.2, 0.25) is 13.1 Å². The van der Waals surface area contributed by atoms with E-state index in [1.54, 1.807) is 0 Å². The van der Waals surface area contributed by atoms with Crippen LogP contribution >= 0.6 is 0 Å². The summed E-state index contributed by atoms with van der Waals surface area (Å²) in [6.45, 7) is 10.3. The first-order valence-corrected chi connectivity index (χ1v) is 7.97. The first-order chi connectivity index (χ1) is 5.79. The van der Waals surface area contributed by atoms with Gasteiger partial charge in [0.15, 0.2) is 8.32 Å². The first-order valence-electron chi connectivity index (χ1n) is 4.94. The molecule has 2 unspecified atom stereocenters. The predicted octanol–water partition coefficient (Wildman–Crippen LogP) is 0.903. The summed E-state index contributed by atoms with van der Waals surface area (Å²) in [5.41, 5.74) is 0.245. The Kier molecular flexibility index (Phi) is 5.13. The molecule has 0 rings (SSSR count). The van der Waals surface area contributed by atoms with E-state index in [1.807, 2.05) is 20.1 Å². The van der Waals surface area contributed by atoms with E-state index in [2.05, 4.69) is 31.4 Å². The van der Waals surface area contributed by atoms with Crippen LogP contribution in [0, 0.1) is 5.92 Å². The van der Waals surface area contributed by atoms with Gasteiger partial charge < -0.3 is 10.1 Å². The third kappa shape index (κ3) is 4.76. The zero-order chi connectivity index (χ0) is 10.6. The van der Waals surface area contributed by atoms with Gasteiger partial charge in [0.05, 0.1) is 6.17 Å². The van der Waals surface area contributed by atoms with Gasteiger partial charge in [-0.2, -0.15) is 0 Å². The normalized spacial score (nSPS) is 17.5. The third-order valence-electron chi connectivity index (χ3n) is 2.29. The van der Waals surface area contributed by atoms with Gasteiger partial charge in [-0.3, -0.25) is 5.32 Å². The van der Waals surface area contributed by atoms with Crippen molar-refractivity contribution < 1.29 is 4.80 Å². The maximum absolute atomic E-state index is 10.0. The number of hydrogen-bond donors (Lipinski definition) is 3. The Bertz CT molecular complexity index is 145. The second-order valence-electron chi connectivity index (χ2n) is 4.55. The SMILES string of the molecule is CNC(C)NC(C(C)C)[Si](C)(C)O. The van der Waals surface area contributed by atoms with Gasteiger partial charge in [-0.1, -0.05) is 13.8 Å². The van der Waals surface area contributed by atoms with Crippen molar-refractivity contribution in [2.75, 3.05) is 7.05 Å². The molecule has 0 aliphatic carbocycles. The van der Waals surface area contributed by atoms with Crippen LogP contribution in [0.4, 0.5) is 0 Å². The molecule has 0 aliphatic rings. The average Bonchev–Trinajstić information content (AvgIpc) is 1.96. The summed E-state index contributed by atoms with van der Waals surface area (Å²) in [6.07, 6.45) is 0.256. The highest BCUT2D eigenvalue weighted by Crippen LogP contribution is 2.13. The lowest BCUT2D eigenvalue weighted by Gasteiger charge is -2.33. The molecule has 3 nitrogen and oxygen atoms in total. The zero-order valence-electron chi connectivity index (χ0n) is 9.68. The minimum Gasteiger partial charge on any atom is -0.431 e. The minimum atomic E-state index is -2.08. The highest BCUT2D eigenvalue weighted by molar-refractivity contribution is 6.71. The molecule has 0 amide bonds. The monoisotopic (exact) mass is 204 g/mol. The maximum Gasteiger partial charge on any atom is 0.199 e. The molecule has 0 bridgehead atoms. The van der Waals surface area contributed by atoms with E-state index < -0.39 is 8.32 Å². The van der Waals surface area contributed by atoms with Crippen LogP contribution in [0.3, 0.4) is 0 Å². The van der Waals surface area contributed by atoms with Gasteiger partial charge in [-0.25, -0.2) is 0 Å². The molecule has 0 aromatic carbocycles. The molecular formula is C9H24N2OSi. The fraction of sp³-hybridized carbons (Fsp3) is 1.00. The van der Waals surface area contributed by atoms with Crippen LogP contribution in [0.25, 0.3) is 0 Å². The second-order valence-corrected chi connectivity index (χ2v) is 8.48. The Morgan fingerprint density at radius 3 is 1.85 bits per heavy atom. The van der Waals surface area contributed by atoms with Crippen LogP contribution in [0.1, 0.15) is 20.8 Å². The van der Waals surface area contributed by atoms with E-state index in [0.29, 0.717) is 5.92 Å². The first kappa shape index (κ1) is 13.1. The molecule has 3 N–H and O–H groups in total. The van der Waals surface area contributed by atoms with Crippen molar-refractivity contribution >= 4 is 8.32 Å². The standard InChI is InChI=1S/C9H24N2OSi/c1-7(2)9(13(5,6)12)11-8(3)10-4/h7-12H,1-6H3. The molecule has 4 heteroatoms. The van der Waals surface area contributed by atoms with E-state index >= 15 is 0 Å². The molecule has 0 saturated carbocycles. The van der Waals surface area contributed by atoms with Gasteiger partial charge in [0.1, 0.15) is 0 Å². The van der Waals surface area contributed by atoms with Crippen LogP contribution in [-0.4, -0.2) is 32.0 Å². The lowest BCUT2D eigenvalue weighted by atomic mass is 10.2. The Balaban J connectivity index is 4.28. The van der Waals surface area contributed by atoms with Crippen molar-refractivity contribution in [1.82, 2.24) is 10.6 Å². The Labute approximate surface area is 83.1 Å². The van der Waals surface area contributed by atoms with E-state index in [-0.39, 0.29) is 11.8 Å². The van der Waals surface area contributed by atoms with Crippen LogP contribution < -0.4 is 10.6 Å². The van der Waals surface area contributed by atoms with Crippen molar-refractivity contribution in [3.63, 3.8) is 0 Å². The van der Waals surface area contributed by atoms with E-state index in [1.165, 1.54) is 0 Å². The predicted molar refractivity (Wildman–Crippen MR) is 60.0 cm³/mol. The van der Waals surface area contributed by atoms with Gasteiger partial charge in [0.2, 0.25) is 0 Å². The van der Waals surface area contributed by atoms with Crippen molar-refractivity contribution in [3.05, 3.63) is 0 Å². The van der Waals surface area contributed by atoms with E-state index in [4.69, 9.17) is 0 Å².